The van der Waals surface area contributed by atoms with E-state index in [0.717, 1.165) is 5.75 Å². The number of hydrogen-bond acceptors (Lipinski definition) is 4. The van der Waals surface area contributed by atoms with Gasteiger partial charge in [-0.1, -0.05) is 0 Å². The Hall–Kier alpha value is -2.61. The molecule has 1 N–H and O–H groups in total. The molecule has 1 aliphatic rings. The maximum absolute atomic E-state index is 13.0. The molecule has 0 amide bonds. The van der Waals surface area contributed by atoms with Crippen LogP contribution in [0.3, 0.4) is 0 Å². The number of H-pyrrole nitrogens is 1. The molecule has 1 aromatic heterocycles. The first-order valence-corrected chi connectivity index (χ1v) is 18.4. The molecular weight excluding hydrogens is 599 g/mol. The van der Waals surface area contributed by atoms with E-state index in [9.17, 15) is 9.59 Å². The Kier molecular flexibility index (Phi) is 8.74. The van der Waals surface area contributed by atoms with Gasteiger partial charge in [-0.3, -0.25) is 0 Å². The van der Waals surface area contributed by atoms with E-state index in [1.807, 2.05) is 6.07 Å². The summed E-state index contributed by atoms with van der Waals surface area (Å²) < 4.78 is 10.4. The third-order valence-corrected chi connectivity index (χ3v) is 17.5. The van der Waals surface area contributed by atoms with Gasteiger partial charge in [-0.15, -0.1) is 0 Å². The topological polar surface area (TPSA) is 64.1 Å². The molecule has 0 spiro atoms. The van der Waals surface area contributed by atoms with Gasteiger partial charge in [0.1, 0.15) is 0 Å². The number of aromatic amines is 1. The molecule has 0 saturated carbocycles. The van der Waals surface area contributed by atoms with Crippen molar-refractivity contribution in [1.82, 2.24) is 9.55 Å². The first-order chi connectivity index (χ1) is 19.2. The summed E-state index contributed by atoms with van der Waals surface area (Å²) in [4.78, 5) is 27.9. The molecule has 40 heavy (non-hydrogen) atoms. The van der Waals surface area contributed by atoms with E-state index in [2.05, 4.69) is 111 Å². The van der Waals surface area contributed by atoms with Crippen molar-refractivity contribution < 1.29 is 4.43 Å². The Morgan fingerprint density at radius 1 is 0.925 bits per heavy atom. The van der Waals surface area contributed by atoms with Crippen LogP contribution < -0.4 is 26.1 Å². The Balaban J connectivity index is 1.54. The van der Waals surface area contributed by atoms with Crippen LogP contribution >= 0.6 is 11.8 Å². The van der Waals surface area contributed by atoms with Crippen LogP contribution in [0.1, 0.15) is 31.7 Å². The number of nitrogens with zero attached hydrogens (tertiary/aromatic N) is 1. The first-order valence-electron chi connectivity index (χ1n) is 13.6. The number of rotatable bonds is 8. The summed E-state index contributed by atoms with van der Waals surface area (Å²) in [5, 5.41) is 2.38. The molecule has 0 bridgehead atoms. The SMILES string of the molecule is Cc1cn(C2SCC(CO[Si](c3ccccc3)(c3ccccc3)C(C)(C)C)C2[Se]c2ccccc2)c(=O)[nH]c1=O. The van der Waals surface area contributed by atoms with Gasteiger partial charge in [0.2, 0.25) is 0 Å². The van der Waals surface area contributed by atoms with Gasteiger partial charge in [0.05, 0.1) is 0 Å². The van der Waals surface area contributed by atoms with Gasteiger partial charge >= 0.3 is 249 Å². The summed E-state index contributed by atoms with van der Waals surface area (Å²) in [6.07, 6.45) is 1.73. The van der Waals surface area contributed by atoms with E-state index in [4.69, 9.17) is 4.43 Å². The number of aryl methyl sites for hydroxylation is 1. The normalized spacial score (nSPS) is 19.6. The van der Waals surface area contributed by atoms with Crippen molar-refractivity contribution in [2.45, 2.75) is 42.9 Å². The molecule has 4 aromatic rings. The third-order valence-electron chi connectivity index (χ3n) is 7.59. The van der Waals surface area contributed by atoms with Crippen LogP contribution in [0.5, 0.6) is 0 Å². The standard InChI is InChI=1S/C32H36N2O3SSeSi/c1-23-20-34(31(36)33-29(23)35)30-28(39-25-14-8-5-9-15-25)24(22-38-30)21-37-40(32(2,3)4,26-16-10-6-11-17-26)27-18-12-7-13-19-27/h5-20,24,28,30H,21-22H2,1-4H3,(H,33,35,36). The minimum absolute atomic E-state index is 0.0592. The molecular formula is C32H36N2O3SSeSi. The van der Waals surface area contributed by atoms with Crippen molar-refractivity contribution in [3.63, 3.8) is 0 Å². The van der Waals surface area contributed by atoms with Crippen LogP contribution in [0.15, 0.2) is 107 Å². The monoisotopic (exact) mass is 636 g/mol. The number of aromatic nitrogens is 2. The molecule has 1 fully saturated rings. The van der Waals surface area contributed by atoms with Gasteiger partial charge in [-0.2, -0.15) is 0 Å². The molecule has 3 atom stereocenters. The number of benzene rings is 3. The zero-order valence-electron chi connectivity index (χ0n) is 23.4. The predicted octanol–water partition coefficient (Wildman–Crippen LogP) is 4.10. The Labute approximate surface area is 247 Å². The maximum atomic E-state index is 13.0. The average molecular weight is 636 g/mol. The van der Waals surface area contributed by atoms with Crippen molar-refractivity contribution in [1.29, 1.82) is 0 Å². The van der Waals surface area contributed by atoms with Crippen molar-refractivity contribution in [3.05, 3.63) is 124 Å². The molecule has 208 valence electrons. The summed E-state index contributed by atoms with van der Waals surface area (Å²) >= 11 is 1.91. The fraction of sp³-hybridized carbons (Fsp3) is 0.312. The molecule has 2 heterocycles. The van der Waals surface area contributed by atoms with Crippen molar-refractivity contribution >= 4 is 49.9 Å². The van der Waals surface area contributed by atoms with Gasteiger partial charge in [0.25, 0.3) is 0 Å². The van der Waals surface area contributed by atoms with Gasteiger partial charge in [0, 0.05) is 0 Å². The molecule has 1 aliphatic heterocycles. The predicted molar refractivity (Wildman–Crippen MR) is 170 cm³/mol. The molecule has 0 radical (unpaired) electrons. The number of hydrogen-bond donors (Lipinski definition) is 1. The Morgan fingerprint density at radius 3 is 2.02 bits per heavy atom. The summed E-state index contributed by atoms with van der Waals surface area (Å²) in [7, 11) is -2.69. The van der Waals surface area contributed by atoms with Gasteiger partial charge in [-0.05, 0) is 0 Å². The van der Waals surface area contributed by atoms with E-state index in [1.165, 1.54) is 14.8 Å². The quantitative estimate of drug-likeness (QED) is 0.297. The summed E-state index contributed by atoms with van der Waals surface area (Å²) in [5.41, 5.74) is -0.102. The minimum atomic E-state index is -2.69. The van der Waals surface area contributed by atoms with Crippen molar-refractivity contribution in [2.24, 2.45) is 5.92 Å². The number of thioether (sulfide) groups is 1. The molecule has 5 nitrogen and oxygen atoms in total. The zero-order chi connectivity index (χ0) is 28.3. The van der Waals surface area contributed by atoms with E-state index in [-0.39, 0.29) is 47.4 Å². The average Bonchev–Trinajstić information content (AvgIpc) is 3.34. The van der Waals surface area contributed by atoms with E-state index in [0.29, 0.717) is 12.2 Å². The fourth-order valence-electron chi connectivity index (χ4n) is 5.61. The van der Waals surface area contributed by atoms with Crippen LogP contribution in [0.4, 0.5) is 0 Å². The van der Waals surface area contributed by atoms with Crippen LogP contribution in [0.2, 0.25) is 9.85 Å². The van der Waals surface area contributed by atoms with Gasteiger partial charge in [-0.25, -0.2) is 0 Å². The molecule has 3 unspecified atom stereocenters. The fourth-order valence-corrected chi connectivity index (χ4v) is 15.4. The second kappa shape index (κ2) is 12.1. The van der Waals surface area contributed by atoms with E-state index >= 15 is 0 Å². The van der Waals surface area contributed by atoms with E-state index in [1.54, 1.807) is 29.4 Å². The first kappa shape index (κ1) is 28.9. The summed E-state index contributed by atoms with van der Waals surface area (Å²) in [6.45, 7) is 9.29. The van der Waals surface area contributed by atoms with Crippen LogP contribution in [0.25, 0.3) is 0 Å². The van der Waals surface area contributed by atoms with E-state index < -0.39 is 8.32 Å². The van der Waals surface area contributed by atoms with Gasteiger partial charge < -0.3 is 0 Å². The summed E-state index contributed by atoms with van der Waals surface area (Å²) in [6, 6.07) is 32.1. The van der Waals surface area contributed by atoms with Crippen molar-refractivity contribution in [2.75, 3.05) is 12.4 Å². The Morgan fingerprint density at radius 2 is 1.48 bits per heavy atom. The van der Waals surface area contributed by atoms with Crippen LogP contribution in [0, 0.1) is 12.8 Å². The number of nitrogens with one attached hydrogen (secondary N) is 1. The van der Waals surface area contributed by atoms with Crippen LogP contribution in [-0.4, -0.2) is 45.2 Å². The van der Waals surface area contributed by atoms with Gasteiger partial charge in [0.15, 0.2) is 0 Å². The molecule has 0 aliphatic carbocycles. The second-order valence-corrected chi connectivity index (χ2v) is 19.4. The van der Waals surface area contributed by atoms with Crippen molar-refractivity contribution in [3.8, 4) is 0 Å². The molecule has 3 aromatic carbocycles. The third kappa shape index (κ3) is 5.74. The molecule has 1 saturated heterocycles. The molecule has 8 heteroatoms. The second-order valence-electron chi connectivity index (χ2n) is 11.3. The van der Waals surface area contributed by atoms with Crippen LogP contribution in [-0.2, 0) is 4.43 Å². The molecule has 5 rings (SSSR count). The zero-order valence-corrected chi connectivity index (χ0v) is 26.9. The Bertz CT molecular complexity index is 1500. The summed E-state index contributed by atoms with van der Waals surface area (Å²) in [5.74, 6) is 1.16.